The molecule has 1 amide bonds. The first-order valence-corrected chi connectivity index (χ1v) is 9.85. The zero-order valence-electron chi connectivity index (χ0n) is 15.1. The summed E-state index contributed by atoms with van der Waals surface area (Å²) >= 11 is 6.36. The number of benzene rings is 2. The lowest BCUT2D eigenvalue weighted by molar-refractivity contribution is -0.115. The maximum absolute atomic E-state index is 12.1. The first-order chi connectivity index (χ1) is 13.6. The van der Waals surface area contributed by atoms with Gasteiger partial charge < -0.3 is 10.1 Å². The van der Waals surface area contributed by atoms with Gasteiger partial charge in [-0.05, 0) is 35.9 Å². The molecule has 1 saturated heterocycles. The number of aromatic nitrogens is 2. The summed E-state index contributed by atoms with van der Waals surface area (Å²) in [7, 11) is 1.64. The number of nitrogens with zero attached hydrogens (tertiary/aromatic N) is 2. The van der Waals surface area contributed by atoms with Crippen molar-refractivity contribution in [2.24, 2.45) is 0 Å². The van der Waals surface area contributed by atoms with Crippen LogP contribution >= 0.6 is 24.0 Å². The van der Waals surface area contributed by atoms with Gasteiger partial charge in [-0.1, -0.05) is 54.3 Å². The van der Waals surface area contributed by atoms with Crippen LogP contribution in [0, 0.1) is 0 Å². The summed E-state index contributed by atoms with van der Waals surface area (Å²) in [5.74, 6) is 0.606. The Balaban J connectivity index is 1.74. The minimum atomic E-state index is -0.175. The Kier molecular flexibility index (Phi) is 5.27. The molecule has 2 aromatic carbocycles. The van der Waals surface area contributed by atoms with E-state index in [1.54, 1.807) is 7.11 Å². The molecular formula is C21H17N3O2S2. The van der Waals surface area contributed by atoms with Crippen LogP contribution in [0.25, 0.3) is 17.3 Å². The van der Waals surface area contributed by atoms with E-state index in [0.29, 0.717) is 15.8 Å². The standard InChI is InChI=1S/C21H17N3O2S2/c1-26-17-9-7-15(8-10-17)19-16(11-18-20(25)22-21(27)28-18)13-24(23-19)12-14-5-3-2-4-6-14/h2-11,13H,12H2,1H3,(H,22,25,27). The average Bonchev–Trinajstić information content (AvgIpc) is 3.25. The molecule has 140 valence electrons. The summed E-state index contributed by atoms with van der Waals surface area (Å²) in [6, 6.07) is 17.8. The van der Waals surface area contributed by atoms with E-state index in [1.165, 1.54) is 11.8 Å². The Morgan fingerprint density at radius 3 is 2.57 bits per heavy atom. The number of carbonyl (C=O) groups is 1. The average molecular weight is 408 g/mol. The molecule has 1 N–H and O–H groups in total. The summed E-state index contributed by atoms with van der Waals surface area (Å²) in [5, 5.41) is 7.43. The Bertz CT molecular complexity index is 1060. The topological polar surface area (TPSA) is 56.1 Å². The van der Waals surface area contributed by atoms with Gasteiger partial charge >= 0.3 is 0 Å². The molecule has 0 bridgehead atoms. The Labute approximate surface area is 172 Å². The highest BCUT2D eigenvalue weighted by atomic mass is 32.2. The SMILES string of the molecule is COc1ccc(-c2nn(Cc3ccccc3)cc2C=C2SC(=S)NC2=O)cc1. The van der Waals surface area contributed by atoms with E-state index in [-0.39, 0.29) is 5.91 Å². The van der Waals surface area contributed by atoms with Crippen molar-refractivity contribution < 1.29 is 9.53 Å². The Hall–Kier alpha value is -2.90. The van der Waals surface area contributed by atoms with Gasteiger partial charge in [0.2, 0.25) is 0 Å². The second kappa shape index (κ2) is 8.00. The van der Waals surface area contributed by atoms with E-state index in [0.717, 1.165) is 28.1 Å². The molecule has 5 nitrogen and oxygen atoms in total. The van der Waals surface area contributed by atoms with Crippen LogP contribution < -0.4 is 10.1 Å². The van der Waals surface area contributed by atoms with Crippen molar-refractivity contribution >= 4 is 40.3 Å². The Morgan fingerprint density at radius 2 is 1.93 bits per heavy atom. The molecule has 0 atom stereocenters. The minimum Gasteiger partial charge on any atom is -0.497 e. The van der Waals surface area contributed by atoms with Crippen molar-refractivity contribution in [2.75, 3.05) is 7.11 Å². The van der Waals surface area contributed by atoms with Crippen molar-refractivity contribution in [3.63, 3.8) is 0 Å². The largest absolute Gasteiger partial charge is 0.497 e. The van der Waals surface area contributed by atoms with Crippen LogP contribution in [-0.2, 0) is 11.3 Å². The van der Waals surface area contributed by atoms with Gasteiger partial charge in [0.1, 0.15) is 10.1 Å². The molecule has 28 heavy (non-hydrogen) atoms. The van der Waals surface area contributed by atoms with Gasteiger partial charge in [-0.2, -0.15) is 5.10 Å². The van der Waals surface area contributed by atoms with E-state index < -0.39 is 0 Å². The quantitative estimate of drug-likeness (QED) is 0.510. The van der Waals surface area contributed by atoms with Crippen LogP contribution in [0.5, 0.6) is 5.75 Å². The summed E-state index contributed by atoms with van der Waals surface area (Å²) in [4.78, 5) is 12.7. The lowest BCUT2D eigenvalue weighted by Gasteiger charge is -2.03. The molecule has 0 radical (unpaired) electrons. The van der Waals surface area contributed by atoms with Crippen molar-refractivity contribution in [2.45, 2.75) is 6.54 Å². The van der Waals surface area contributed by atoms with E-state index in [4.69, 9.17) is 22.1 Å². The van der Waals surface area contributed by atoms with E-state index in [1.807, 2.05) is 59.4 Å². The van der Waals surface area contributed by atoms with Crippen LogP contribution in [0.4, 0.5) is 0 Å². The summed E-state index contributed by atoms with van der Waals surface area (Å²) in [6.45, 7) is 0.644. The molecule has 7 heteroatoms. The van der Waals surface area contributed by atoms with Crippen LogP contribution in [0.2, 0.25) is 0 Å². The second-order valence-electron chi connectivity index (χ2n) is 6.20. The third-order valence-corrected chi connectivity index (χ3v) is 5.43. The summed E-state index contributed by atoms with van der Waals surface area (Å²) in [5.41, 5.74) is 3.77. The second-order valence-corrected chi connectivity index (χ2v) is 7.92. The predicted molar refractivity (Wildman–Crippen MR) is 116 cm³/mol. The normalized spacial score (nSPS) is 15.1. The van der Waals surface area contributed by atoms with Crippen molar-refractivity contribution in [1.29, 1.82) is 0 Å². The number of thiocarbonyl (C=S) groups is 1. The summed E-state index contributed by atoms with van der Waals surface area (Å²) < 4.78 is 7.60. The van der Waals surface area contributed by atoms with Gasteiger partial charge in [-0.3, -0.25) is 9.48 Å². The fourth-order valence-electron chi connectivity index (χ4n) is 2.93. The molecule has 0 unspecified atom stereocenters. The molecule has 1 fully saturated rings. The molecule has 1 aliphatic rings. The molecule has 1 aliphatic heterocycles. The fraction of sp³-hybridized carbons (Fsp3) is 0.0952. The molecule has 1 aromatic heterocycles. The number of rotatable bonds is 5. The highest BCUT2D eigenvalue weighted by Gasteiger charge is 2.23. The van der Waals surface area contributed by atoms with E-state index >= 15 is 0 Å². The van der Waals surface area contributed by atoms with Crippen LogP contribution in [0.1, 0.15) is 11.1 Å². The van der Waals surface area contributed by atoms with Crippen molar-refractivity contribution in [1.82, 2.24) is 15.1 Å². The highest BCUT2D eigenvalue weighted by Crippen LogP contribution is 2.31. The molecule has 0 spiro atoms. The number of carbonyl (C=O) groups excluding carboxylic acids is 1. The van der Waals surface area contributed by atoms with Gasteiger partial charge in [-0.15, -0.1) is 0 Å². The van der Waals surface area contributed by atoms with Crippen LogP contribution in [0.15, 0.2) is 65.7 Å². The Morgan fingerprint density at radius 1 is 1.18 bits per heavy atom. The van der Waals surface area contributed by atoms with Gasteiger partial charge in [-0.25, -0.2) is 0 Å². The third kappa shape index (κ3) is 4.00. The van der Waals surface area contributed by atoms with Crippen molar-refractivity contribution in [3.05, 3.63) is 76.8 Å². The van der Waals surface area contributed by atoms with E-state index in [2.05, 4.69) is 17.4 Å². The molecular weight excluding hydrogens is 390 g/mol. The summed E-state index contributed by atoms with van der Waals surface area (Å²) in [6.07, 6.45) is 3.79. The first kappa shape index (κ1) is 18.5. The predicted octanol–water partition coefficient (Wildman–Crippen LogP) is 4.10. The molecule has 0 saturated carbocycles. The lowest BCUT2D eigenvalue weighted by Crippen LogP contribution is -2.17. The first-order valence-electron chi connectivity index (χ1n) is 8.63. The number of ether oxygens (including phenoxy) is 1. The zero-order valence-corrected chi connectivity index (χ0v) is 16.7. The number of hydrogen-bond donors (Lipinski definition) is 1. The maximum Gasteiger partial charge on any atom is 0.263 e. The smallest absolute Gasteiger partial charge is 0.263 e. The van der Waals surface area contributed by atoms with Gasteiger partial charge in [0, 0.05) is 17.3 Å². The lowest BCUT2D eigenvalue weighted by atomic mass is 10.1. The molecule has 4 rings (SSSR count). The molecule has 2 heterocycles. The number of hydrogen-bond acceptors (Lipinski definition) is 5. The number of methoxy groups -OCH3 is 1. The number of thioether (sulfide) groups is 1. The third-order valence-electron chi connectivity index (χ3n) is 4.27. The van der Waals surface area contributed by atoms with Crippen LogP contribution in [-0.4, -0.2) is 27.1 Å². The monoisotopic (exact) mass is 407 g/mol. The van der Waals surface area contributed by atoms with Crippen LogP contribution in [0.3, 0.4) is 0 Å². The van der Waals surface area contributed by atoms with E-state index in [9.17, 15) is 4.79 Å². The van der Waals surface area contributed by atoms with Gasteiger partial charge in [0.15, 0.2) is 0 Å². The zero-order chi connectivity index (χ0) is 19.5. The maximum atomic E-state index is 12.1. The highest BCUT2D eigenvalue weighted by molar-refractivity contribution is 8.26. The van der Waals surface area contributed by atoms with Gasteiger partial charge in [0.25, 0.3) is 5.91 Å². The molecule has 3 aromatic rings. The van der Waals surface area contributed by atoms with Gasteiger partial charge in [0.05, 0.1) is 24.3 Å². The van der Waals surface area contributed by atoms with Crippen molar-refractivity contribution in [3.8, 4) is 17.0 Å². The number of amides is 1. The minimum absolute atomic E-state index is 0.175. The molecule has 0 aliphatic carbocycles. The fourth-order valence-corrected chi connectivity index (χ4v) is 3.96. The number of nitrogens with one attached hydrogen (secondary N) is 1.